The standard InChI is InChI=1S/C19H18ClFN4S/c20-19-22-17(16-12-4-3-7-15(12)26-18(16)23-19)25-10-8-24(9-11-25)14-6-2-1-5-13(14)21/h1-2,5-6H,3-4,7-11H2. The van der Waals surface area contributed by atoms with Crippen molar-refractivity contribution in [3.8, 4) is 0 Å². The molecule has 1 saturated heterocycles. The van der Waals surface area contributed by atoms with Crippen LogP contribution in [-0.4, -0.2) is 36.1 Å². The topological polar surface area (TPSA) is 32.3 Å². The van der Waals surface area contributed by atoms with Gasteiger partial charge in [0.2, 0.25) is 5.28 Å². The van der Waals surface area contributed by atoms with E-state index >= 15 is 0 Å². The number of piperazine rings is 1. The van der Waals surface area contributed by atoms with Crippen molar-refractivity contribution in [2.75, 3.05) is 36.0 Å². The first kappa shape index (κ1) is 16.3. The largest absolute Gasteiger partial charge is 0.366 e. The van der Waals surface area contributed by atoms with E-state index in [-0.39, 0.29) is 5.82 Å². The fourth-order valence-electron chi connectivity index (χ4n) is 4.05. The summed E-state index contributed by atoms with van der Waals surface area (Å²) in [4.78, 5) is 15.9. The number of aryl methyl sites for hydroxylation is 2. The fourth-order valence-corrected chi connectivity index (χ4v) is 5.52. The molecule has 1 aliphatic carbocycles. The van der Waals surface area contributed by atoms with Gasteiger partial charge in [0, 0.05) is 31.1 Å². The molecule has 0 radical (unpaired) electrons. The van der Waals surface area contributed by atoms with Crippen LogP contribution in [0.1, 0.15) is 16.9 Å². The minimum absolute atomic E-state index is 0.163. The summed E-state index contributed by atoms with van der Waals surface area (Å²) < 4.78 is 14.1. The van der Waals surface area contributed by atoms with Crippen LogP contribution in [0.25, 0.3) is 10.2 Å². The van der Waals surface area contributed by atoms with Crippen molar-refractivity contribution < 1.29 is 4.39 Å². The van der Waals surface area contributed by atoms with Crippen molar-refractivity contribution >= 4 is 44.7 Å². The molecule has 0 N–H and O–H groups in total. The number of hydrogen-bond acceptors (Lipinski definition) is 5. The summed E-state index contributed by atoms with van der Waals surface area (Å²) in [6.07, 6.45) is 3.44. The summed E-state index contributed by atoms with van der Waals surface area (Å²) in [6.45, 7) is 3.11. The molecule has 0 bridgehead atoms. The predicted octanol–water partition coefficient (Wildman–Crippen LogP) is 4.30. The highest BCUT2D eigenvalue weighted by atomic mass is 35.5. The van der Waals surface area contributed by atoms with E-state index in [9.17, 15) is 4.39 Å². The van der Waals surface area contributed by atoms with Crippen molar-refractivity contribution in [1.29, 1.82) is 0 Å². The van der Waals surface area contributed by atoms with E-state index < -0.39 is 0 Å². The number of rotatable bonds is 2. The summed E-state index contributed by atoms with van der Waals surface area (Å²) in [7, 11) is 0. The molecule has 3 aromatic rings. The minimum Gasteiger partial charge on any atom is -0.366 e. The first-order valence-electron chi connectivity index (χ1n) is 8.93. The molecule has 4 nitrogen and oxygen atoms in total. The number of hydrogen-bond donors (Lipinski definition) is 0. The number of benzene rings is 1. The van der Waals surface area contributed by atoms with E-state index in [1.165, 1.54) is 28.3 Å². The fraction of sp³-hybridized carbons (Fsp3) is 0.368. The van der Waals surface area contributed by atoms with E-state index in [4.69, 9.17) is 11.6 Å². The summed E-state index contributed by atoms with van der Waals surface area (Å²) in [5, 5.41) is 1.50. The number of fused-ring (bicyclic) bond motifs is 3. The molecule has 5 rings (SSSR count). The number of para-hydroxylation sites is 1. The molecule has 1 fully saturated rings. The summed E-state index contributed by atoms with van der Waals surface area (Å²) >= 11 is 7.96. The van der Waals surface area contributed by atoms with E-state index in [0.29, 0.717) is 11.0 Å². The molecule has 0 spiro atoms. The Labute approximate surface area is 160 Å². The van der Waals surface area contributed by atoms with Gasteiger partial charge < -0.3 is 9.80 Å². The van der Waals surface area contributed by atoms with Gasteiger partial charge >= 0.3 is 0 Å². The van der Waals surface area contributed by atoms with Crippen LogP contribution in [-0.2, 0) is 12.8 Å². The minimum atomic E-state index is -0.163. The van der Waals surface area contributed by atoms with Crippen molar-refractivity contribution in [2.24, 2.45) is 0 Å². The Morgan fingerprint density at radius 1 is 1.00 bits per heavy atom. The highest BCUT2D eigenvalue weighted by molar-refractivity contribution is 7.19. The number of thiophene rings is 1. The normalized spacial score (nSPS) is 17.2. The van der Waals surface area contributed by atoms with E-state index in [0.717, 1.165) is 49.7 Å². The second-order valence-corrected chi connectivity index (χ2v) is 8.20. The van der Waals surface area contributed by atoms with Crippen LogP contribution in [0.2, 0.25) is 5.28 Å². The molecule has 2 aromatic heterocycles. The molecule has 7 heteroatoms. The van der Waals surface area contributed by atoms with Gasteiger partial charge in [0.1, 0.15) is 16.5 Å². The Morgan fingerprint density at radius 3 is 2.58 bits per heavy atom. The Bertz CT molecular complexity index is 981. The number of nitrogens with zero attached hydrogens (tertiary/aromatic N) is 4. The predicted molar refractivity (Wildman–Crippen MR) is 105 cm³/mol. The van der Waals surface area contributed by atoms with Crippen LogP contribution in [0, 0.1) is 5.82 Å². The highest BCUT2D eigenvalue weighted by Gasteiger charge is 2.27. The van der Waals surface area contributed by atoms with Crippen LogP contribution in [0.4, 0.5) is 15.9 Å². The molecular weight excluding hydrogens is 371 g/mol. The van der Waals surface area contributed by atoms with Crippen LogP contribution in [0.5, 0.6) is 0 Å². The van der Waals surface area contributed by atoms with Gasteiger partial charge in [-0.05, 0) is 48.6 Å². The van der Waals surface area contributed by atoms with Crippen molar-refractivity contribution in [3.05, 3.63) is 45.8 Å². The molecule has 0 saturated carbocycles. The highest BCUT2D eigenvalue weighted by Crippen LogP contribution is 2.41. The number of anilines is 2. The lowest BCUT2D eigenvalue weighted by Crippen LogP contribution is -2.47. The average Bonchev–Trinajstić information content (AvgIpc) is 3.22. The van der Waals surface area contributed by atoms with Gasteiger partial charge in [0.15, 0.2) is 0 Å². The van der Waals surface area contributed by atoms with Gasteiger partial charge in [-0.25, -0.2) is 9.37 Å². The Balaban J connectivity index is 1.46. The Morgan fingerprint density at radius 2 is 1.77 bits per heavy atom. The van der Waals surface area contributed by atoms with Crippen LogP contribution in [0.3, 0.4) is 0 Å². The second kappa shape index (κ2) is 6.35. The van der Waals surface area contributed by atoms with Crippen molar-refractivity contribution in [2.45, 2.75) is 19.3 Å². The zero-order valence-electron chi connectivity index (χ0n) is 14.2. The average molecular weight is 389 g/mol. The third-order valence-electron chi connectivity index (χ3n) is 5.29. The van der Waals surface area contributed by atoms with E-state index in [2.05, 4.69) is 19.8 Å². The van der Waals surface area contributed by atoms with Gasteiger partial charge in [-0.2, -0.15) is 4.98 Å². The Hall–Kier alpha value is -1.92. The first-order valence-corrected chi connectivity index (χ1v) is 10.1. The van der Waals surface area contributed by atoms with Crippen LogP contribution in [0.15, 0.2) is 24.3 Å². The summed E-state index contributed by atoms with van der Waals surface area (Å²) in [5.41, 5.74) is 2.09. The summed E-state index contributed by atoms with van der Waals surface area (Å²) in [5.74, 6) is 0.789. The molecule has 134 valence electrons. The molecule has 0 unspecified atom stereocenters. The molecule has 2 aliphatic rings. The lowest BCUT2D eigenvalue weighted by molar-refractivity contribution is 0.596. The molecule has 1 aliphatic heterocycles. The molecule has 0 amide bonds. The third-order valence-corrected chi connectivity index (χ3v) is 6.65. The maximum absolute atomic E-state index is 14.1. The zero-order chi connectivity index (χ0) is 17.7. The monoisotopic (exact) mass is 388 g/mol. The van der Waals surface area contributed by atoms with Gasteiger partial charge in [0.05, 0.1) is 11.1 Å². The van der Waals surface area contributed by atoms with E-state index in [1.54, 1.807) is 17.4 Å². The maximum Gasteiger partial charge on any atom is 0.225 e. The second-order valence-electron chi connectivity index (χ2n) is 6.78. The van der Waals surface area contributed by atoms with Crippen LogP contribution >= 0.6 is 22.9 Å². The summed E-state index contributed by atoms with van der Waals surface area (Å²) in [6, 6.07) is 6.97. The Kier molecular flexibility index (Phi) is 3.98. The number of aromatic nitrogens is 2. The molecular formula is C19H18ClFN4S. The lowest BCUT2D eigenvalue weighted by Gasteiger charge is -2.37. The zero-order valence-corrected chi connectivity index (χ0v) is 15.8. The molecule has 1 aromatic carbocycles. The maximum atomic E-state index is 14.1. The van der Waals surface area contributed by atoms with Gasteiger partial charge in [0.25, 0.3) is 0 Å². The van der Waals surface area contributed by atoms with Gasteiger partial charge in [-0.15, -0.1) is 11.3 Å². The lowest BCUT2D eigenvalue weighted by atomic mass is 10.1. The van der Waals surface area contributed by atoms with Crippen molar-refractivity contribution in [3.63, 3.8) is 0 Å². The third kappa shape index (κ3) is 2.63. The SMILES string of the molecule is Fc1ccccc1N1CCN(c2nc(Cl)nc3sc4c(c23)CCC4)CC1. The first-order chi connectivity index (χ1) is 12.7. The molecule has 0 atom stereocenters. The van der Waals surface area contributed by atoms with Crippen molar-refractivity contribution in [1.82, 2.24) is 9.97 Å². The molecule has 3 heterocycles. The van der Waals surface area contributed by atoms with Gasteiger partial charge in [-0.3, -0.25) is 0 Å². The van der Waals surface area contributed by atoms with E-state index in [1.807, 2.05) is 12.1 Å². The smallest absolute Gasteiger partial charge is 0.225 e. The van der Waals surface area contributed by atoms with Gasteiger partial charge in [-0.1, -0.05) is 12.1 Å². The van der Waals surface area contributed by atoms with Crippen LogP contribution < -0.4 is 9.80 Å². The number of halogens is 2. The quantitative estimate of drug-likeness (QED) is 0.613. The molecule has 26 heavy (non-hydrogen) atoms.